The van der Waals surface area contributed by atoms with Crippen LogP contribution in [0.15, 0.2) is 76.5 Å². The zero-order chi connectivity index (χ0) is 22.5. The summed E-state index contributed by atoms with van der Waals surface area (Å²) < 4.78 is 0. The summed E-state index contributed by atoms with van der Waals surface area (Å²) in [5.41, 5.74) is 3.17. The minimum atomic E-state index is -1.12. The highest BCUT2D eigenvalue weighted by Gasteiger charge is 2.11. The SMILES string of the molecule is CNC(=O)c1ccccc1Sc1ccc2c(C#Cc3cccc(NC(=O)O)c3)n[nH]c2c1. The molecule has 0 radical (unpaired) electrons. The van der Waals surface area contributed by atoms with Gasteiger partial charge in [0, 0.05) is 33.5 Å². The number of nitrogens with one attached hydrogen (secondary N) is 3. The lowest BCUT2D eigenvalue weighted by molar-refractivity contribution is 0.0960. The molecule has 3 aromatic carbocycles. The summed E-state index contributed by atoms with van der Waals surface area (Å²) in [5, 5.41) is 22.0. The monoisotopic (exact) mass is 442 g/mol. The summed E-state index contributed by atoms with van der Waals surface area (Å²) in [7, 11) is 1.61. The maximum atomic E-state index is 12.1. The van der Waals surface area contributed by atoms with Crippen LogP contribution in [0.5, 0.6) is 0 Å². The van der Waals surface area contributed by atoms with Crippen LogP contribution in [0.2, 0.25) is 0 Å². The Labute approximate surface area is 188 Å². The predicted octanol–water partition coefficient (Wildman–Crippen LogP) is 4.56. The number of hydrogen-bond donors (Lipinski definition) is 4. The Morgan fingerprint density at radius 2 is 1.88 bits per heavy atom. The van der Waals surface area contributed by atoms with Crippen molar-refractivity contribution < 1.29 is 14.7 Å². The van der Waals surface area contributed by atoms with Gasteiger partial charge in [0.2, 0.25) is 0 Å². The molecule has 4 N–H and O–H groups in total. The van der Waals surface area contributed by atoms with Crippen molar-refractivity contribution in [2.24, 2.45) is 0 Å². The molecule has 0 aliphatic rings. The van der Waals surface area contributed by atoms with E-state index in [1.165, 1.54) is 11.8 Å². The average molecular weight is 443 g/mol. The number of carbonyl (C=O) groups is 2. The molecule has 1 aromatic heterocycles. The summed E-state index contributed by atoms with van der Waals surface area (Å²) in [6.07, 6.45) is -1.12. The second-order valence-electron chi connectivity index (χ2n) is 6.72. The Hall–Kier alpha value is -4.22. The predicted molar refractivity (Wildman–Crippen MR) is 124 cm³/mol. The van der Waals surface area contributed by atoms with Gasteiger partial charge < -0.3 is 10.4 Å². The Balaban J connectivity index is 1.58. The lowest BCUT2D eigenvalue weighted by Gasteiger charge is -2.07. The topological polar surface area (TPSA) is 107 Å². The number of fused-ring (bicyclic) bond motifs is 1. The van der Waals surface area contributed by atoms with E-state index < -0.39 is 6.09 Å². The molecule has 4 rings (SSSR count). The van der Waals surface area contributed by atoms with Gasteiger partial charge in [-0.25, -0.2) is 4.79 Å². The van der Waals surface area contributed by atoms with E-state index in [4.69, 9.17) is 5.11 Å². The number of aromatic nitrogens is 2. The van der Waals surface area contributed by atoms with Crippen molar-refractivity contribution in [3.63, 3.8) is 0 Å². The quantitative estimate of drug-likeness (QED) is 0.347. The van der Waals surface area contributed by atoms with Gasteiger partial charge in [-0.3, -0.25) is 15.2 Å². The number of H-pyrrole nitrogens is 1. The first-order valence-electron chi connectivity index (χ1n) is 9.62. The number of amides is 2. The molecule has 0 aliphatic carbocycles. The summed E-state index contributed by atoms with van der Waals surface area (Å²) in [4.78, 5) is 24.7. The number of benzene rings is 3. The van der Waals surface area contributed by atoms with Gasteiger partial charge in [0.15, 0.2) is 0 Å². The second kappa shape index (κ2) is 9.29. The van der Waals surface area contributed by atoms with Gasteiger partial charge in [0.25, 0.3) is 5.91 Å². The van der Waals surface area contributed by atoms with Crippen molar-refractivity contribution in [1.29, 1.82) is 0 Å². The molecule has 1 heterocycles. The molecule has 0 aliphatic heterocycles. The fraction of sp³-hybridized carbons (Fsp3) is 0.0417. The first-order valence-corrected chi connectivity index (χ1v) is 10.4. The number of carbonyl (C=O) groups excluding carboxylic acids is 1. The lowest BCUT2D eigenvalue weighted by atomic mass is 10.1. The van der Waals surface area contributed by atoms with Crippen LogP contribution in [0.4, 0.5) is 10.5 Å². The molecule has 0 saturated heterocycles. The van der Waals surface area contributed by atoms with E-state index in [1.54, 1.807) is 37.4 Å². The van der Waals surface area contributed by atoms with Crippen LogP contribution in [0, 0.1) is 11.8 Å². The van der Waals surface area contributed by atoms with Crippen LogP contribution in [0.1, 0.15) is 21.6 Å². The van der Waals surface area contributed by atoms with Gasteiger partial charge in [0.1, 0.15) is 5.69 Å². The van der Waals surface area contributed by atoms with E-state index in [0.717, 1.165) is 20.7 Å². The van der Waals surface area contributed by atoms with Gasteiger partial charge in [0.05, 0.1) is 11.1 Å². The van der Waals surface area contributed by atoms with E-state index in [1.807, 2.05) is 36.4 Å². The van der Waals surface area contributed by atoms with E-state index in [2.05, 4.69) is 32.7 Å². The summed E-state index contributed by atoms with van der Waals surface area (Å²) in [6.45, 7) is 0. The van der Waals surface area contributed by atoms with Gasteiger partial charge in [-0.1, -0.05) is 35.9 Å². The highest BCUT2D eigenvalue weighted by atomic mass is 32.2. The molecule has 0 saturated carbocycles. The Bertz CT molecular complexity index is 1380. The van der Waals surface area contributed by atoms with Gasteiger partial charge in [-0.15, -0.1) is 0 Å². The van der Waals surface area contributed by atoms with Crippen LogP contribution in [-0.4, -0.2) is 34.4 Å². The molecule has 2 amide bonds. The van der Waals surface area contributed by atoms with Crippen LogP contribution in [0.3, 0.4) is 0 Å². The minimum absolute atomic E-state index is 0.129. The minimum Gasteiger partial charge on any atom is -0.465 e. The molecule has 4 aromatic rings. The van der Waals surface area contributed by atoms with Gasteiger partial charge >= 0.3 is 6.09 Å². The molecular formula is C24H18N4O3S. The van der Waals surface area contributed by atoms with Crippen LogP contribution in [0.25, 0.3) is 10.9 Å². The molecule has 0 atom stereocenters. The van der Waals surface area contributed by atoms with Crippen molar-refractivity contribution in [2.75, 3.05) is 12.4 Å². The number of nitrogens with zero attached hydrogens (tertiary/aromatic N) is 1. The molecule has 0 spiro atoms. The van der Waals surface area contributed by atoms with E-state index in [9.17, 15) is 9.59 Å². The molecule has 0 bridgehead atoms. The highest BCUT2D eigenvalue weighted by Crippen LogP contribution is 2.32. The summed E-state index contributed by atoms with van der Waals surface area (Å²) in [6, 6.07) is 20.2. The number of aromatic amines is 1. The maximum Gasteiger partial charge on any atom is 0.409 e. The van der Waals surface area contributed by atoms with Gasteiger partial charge in [-0.05, 0) is 54.5 Å². The molecule has 32 heavy (non-hydrogen) atoms. The molecule has 7 nitrogen and oxygen atoms in total. The number of anilines is 1. The van der Waals surface area contributed by atoms with E-state index in [-0.39, 0.29) is 5.91 Å². The zero-order valence-corrected chi connectivity index (χ0v) is 17.8. The van der Waals surface area contributed by atoms with Crippen molar-refractivity contribution in [1.82, 2.24) is 15.5 Å². The third-order valence-electron chi connectivity index (χ3n) is 4.56. The molecular weight excluding hydrogens is 424 g/mol. The summed E-state index contributed by atoms with van der Waals surface area (Å²) in [5.74, 6) is 5.93. The zero-order valence-electron chi connectivity index (χ0n) is 17.0. The largest absolute Gasteiger partial charge is 0.465 e. The fourth-order valence-corrected chi connectivity index (χ4v) is 4.08. The Kier molecular flexibility index (Phi) is 6.10. The normalized spacial score (nSPS) is 10.3. The van der Waals surface area contributed by atoms with Crippen LogP contribution >= 0.6 is 11.8 Å². The van der Waals surface area contributed by atoms with Crippen LogP contribution < -0.4 is 10.6 Å². The maximum absolute atomic E-state index is 12.1. The lowest BCUT2D eigenvalue weighted by Crippen LogP contribution is -2.18. The molecule has 158 valence electrons. The third-order valence-corrected chi connectivity index (χ3v) is 5.63. The molecule has 0 fully saturated rings. The van der Waals surface area contributed by atoms with E-state index >= 15 is 0 Å². The standard InChI is InChI=1S/C24H18N4O3S/c1-25-23(29)19-7-2-3-8-22(19)32-17-10-11-18-20(27-28-21(18)14-17)12-9-15-5-4-6-16(13-15)26-24(30)31/h2-8,10-11,13-14,26H,1H3,(H,25,29)(H,27,28)(H,30,31). The molecule has 0 unspecified atom stereocenters. The van der Waals surface area contributed by atoms with Gasteiger partial charge in [-0.2, -0.15) is 5.10 Å². The average Bonchev–Trinajstić information content (AvgIpc) is 3.19. The first-order chi connectivity index (χ1) is 15.5. The van der Waals surface area contributed by atoms with Crippen molar-refractivity contribution in [3.8, 4) is 11.8 Å². The highest BCUT2D eigenvalue weighted by molar-refractivity contribution is 7.99. The Morgan fingerprint density at radius 1 is 1.03 bits per heavy atom. The van der Waals surface area contributed by atoms with Crippen molar-refractivity contribution >= 4 is 40.4 Å². The summed E-state index contributed by atoms with van der Waals surface area (Å²) >= 11 is 1.50. The number of carboxylic acid groups (broad SMARTS) is 1. The second-order valence-corrected chi connectivity index (χ2v) is 7.83. The first kappa shape index (κ1) is 21.0. The van der Waals surface area contributed by atoms with Crippen molar-refractivity contribution in [3.05, 3.63) is 83.6 Å². The fourth-order valence-electron chi connectivity index (χ4n) is 3.09. The van der Waals surface area contributed by atoms with Crippen LogP contribution in [-0.2, 0) is 0 Å². The molecule has 8 heteroatoms. The van der Waals surface area contributed by atoms with E-state index in [0.29, 0.717) is 22.5 Å². The van der Waals surface area contributed by atoms with Crippen molar-refractivity contribution in [2.45, 2.75) is 9.79 Å². The number of rotatable bonds is 4. The number of hydrogen-bond acceptors (Lipinski definition) is 4. The third kappa shape index (κ3) is 4.74. The smallest absolute Gasteiger partial charge is 0.409 e. The Morgan fingerprint density at radius 3 is 2.69 bits per heavy atom.